The summed E-state index contributed by atoms with van der Waals surface area (Å²) in [6.45, 7) is 0. The molecule has 0 N–H and O–H groups in total. The van der Waals surface area contributed by atoms with Gasteiger partial charge in [-0.1, -0.05) is 12.1 Å². The molecule has 0 saturated carbocycles. The van der Waals surface area contributed by atoms with Crippen molar-refractivity contribution in [2.24, 2.45) is 0 Å². The van der Waals surface area contributed by atoms with Crippen LogP contribution in [0.3, 0.4) is 0 Å². The Morgan fingerprint density at radius 1 is 0.679 bits per heavy atom. The van der Waals surface area contributed by atoms with Gasteiger partial charge in [0.25, 0.3) is 0 Å². The maximum Gasteiger partial charge on any atom is 0.339 e. The van der Waals surface area contributed by atoms with Crippen molar-refractivity contribution in [2.75, 3.05) is 14.2 Å². The Morgan fingerprint density at radius 3 is 1.46 bits per heavy atom. The van der Waals surface area contributed by atoms with Crippen molar-refractivity contribution in [3.8, 4) is 0 Å². The third-order valence-corrected chi connectivity index (χ3v) is 5.23. The minimum atomic E-state index is -0.667. The smallest absolute Gasteiger partial charge is 0.339 e. The van der Waals surface area contributed by atoms with Crippen molar-refractivity contribution < 1.29 is 19.1 Å². The zero-order chi connectivity index (χ0) is 19.7. The second-order valence-corrected chi connectivity index (χ2v) is 6.73. The highest BCUT2D eigenvalue weighted by Crippen LogP contribution is 2.31. The first kappa shape index (κ1) is 18.1. The summed E-state index contributed by atoms with van der Waals surface area (Å²) in [5, 5.41) is 0. The summed E-state index contributed by atoms with van der Waals surface area (Å²) >= 11 is 2.14. The van der Waals surface area contributed by atoms with Crippen LogP contribution in [0.1, 0.15) is 11.1 Å². The molecular formula is C18H12N4O4S2. The van der Waals surface area contributed by atoms with Crippen LogP contribution in [0.25, 0.3) is 33.2 Å². The Morgan fingerprint density at radius 2 is 1.07 bits per heavy atom. The van der Waals surface area contributed by atoms with Crippen LogP contribution < -0.4 is 0 Å². The molecule has 0 aliphatic rings. The van der Waals surface area contributed by atoms with E-state index in [1.54, 1.807) is 36.4 Å². The van der Waals surface area contributed by atoms with Crippen molar-refractivity contribution in [1.29, 1.82) is 0 Å². The molecule has 0 bridgehead atoms. The largest absolute Gasteiger partial charge is 0.465 e. The van der Waals surface area contributed by atoms with Gasteiger partial charge in [0.15, 0.2) is 0 Å². The number of carbonyl (C=O) groups excluding carboxylic acids is 2. The number of carbonyl (C=O) groups is 2. The van der Waals surface area contributed by atoms with Gasteiger partial charge in [-0.25, -0.2) is 9.59 Å². The fourth-order valence-electron chi connectivity index (χ4n) is 2.81. The number of ether oxygens (including phenoxy) is 2. The first-order valence-corrected chi connectivity index (χ1v) is 9.44. The Kier molecular flexibility index (Phi) is 4.80. The first-order chi connectivity index (χ1) is 13.6. The Labute approximate surface area is 167 Å². The van der Waals surface area contributed by atoms with Crippen molar-refractivity contribution in [2.45, 2.75) is 0 Å². The van der Waals surface area contributed by atoms with E-state index in [0.717, 1.165) is 23.5 Å². The lowest BCUT2D eigenvalue weighted by molar-refractivity contribution is -0.135. The van der Waals surface area contributed by atoms with Gasteiger partial charge in [-0.3, -0.25) is 0 Å². The molecular weight excluding hydrogens is 400 g/mol. The van der Waals surface area contributed by atoms with Crippen molar-refractivity contribution in [1.82, 2.24) is 17.5 Å². The van der Waals surface area contributed by atoms with Crippen LogP contribution in [0.4, 0.5) is 0 Å². The highest BCUT2D eigenvalue weighted by atomic mass is 32.1. The van der Waals surface area contributed by atoms with E-state index in [0.29, 0.717) is 33.2 Å². The Hall–Kier alpha value is -3.24. The average Bonchev–Trinajstić information content (AvgIpc) is 3.38. The zero-order valence-corrected chi connectivity index (χ0v) is 16.3. The SMILES string of the molecule is COC(=O)/C(=C(/C(=O)OC)c1ccc2nsnc2c1)c1ccc2nsnc2c1. The van der Waals surface area contributed by atoms with Gasteiger partial charge in [-0.05, 0) is 35.4 Å². The molecule has 0 atom stereocenters. The first-order valence-electron chi connectivity index (χ1n) is 7.98. The Balaban J connectivity index is 2.02. The molecule has 2 aromatic carbocycles. The van der Waals surface area contributed by atoms with Gasteiger partial charge in [-0.15, -0.1) is 0 Å². The zero-order valence-electron chi connectivity index (χ0n) is 14.7. The predicted octanol–water partition coefficient (Wildman–Crippen LogP) is 2.95. The summed E-state index contributed by atoms with van der Waals surface area (Å²) in [5.41, 5.74) is 3.74. The summed E-state index contributed by atoms with van der Waals surface area (Å²) in [5.74, 6) is -1.33. The lowest BCUT2D eigenvalue weighted by Crippen LogP contribution is -2.13. The molecule has 10 heteroatoms. The molecule has 0 aliphatic heterocycles. The van der Waals surface area contributed by atoms with Gasteiger partial charge in [0, 0.05) is 0 Å². The minimum absolute atomic E-state index is 0.0757. The van der Waals surface area contributed by atoms with Crippen LogP contribution in [-0.2, 0) is 19.1 Å². The number of benzene rings is 2. The summed E-state index contributed by atoms with van der Waals surface area (Å²) in [6.07, 6.45) is 0. The van der Waals surface area contributed by atoms with Crippen LogP contribution in [0, 0.1) is 0 Å². The fourth-order valence-corrected chi connectivity index (χ4v) is 3.84. The lowest BCUT2D eigenvalue weighted by Gasteiger charge is -2.13. The van der Waals surface area contributed by atoms with Crippen LogP contribution in [-0.4, -0.2) is 43.7 Å². The van der Waals surface area contributed by atoms with Crippen LogP contribution in [0.15, 0.2) is 36.4 Å². The molecule has 2 aromatic heterocycles. The van der Waals surface area contributed by atoms with E-state index >= 15 is 0 Å². The highest BCUT2D eigenvalue weighted by Gasteiger charge is 2.26. The second kappa shape index (κ2) is 7.41. The number of rotatable bonds is 4. The van der Waals surface area contributed by atoms with Gasteiger partial charge in [0.05, 0.1) is 48.8 Å². The van der Waals surface area contributed by atoms with Crippen molar-refractivity contribution in [3.63, 3.8) is 0 Å². The van der Waals surface area contributed by atoms with E-state index in [4.69, 9.17) is 9.47 Å². The highest BCUT2D eigenvalue weighted by molar-refractivity contribution is 7.00. The maximum absolute atomic E-state index is 12.7. The number of esters is 2. The number of fused-ring (bicyclic) bond motifs is 2. The van der Waals surface area contributed by atoms with Crippen LogP contribution >= 0.6 is 23.5 Å². The second-order valence-electron chi connectivity index (χ2n) is 5.67. The van der Waals surface area contributed by atoms with Gasteiger partial charge >= 0.3 is 11.9 Å². The van der Waals surface area contributed by atoms with Crippen molar-refractivity contribution >= 4 is 68.6 Å². The fraction of sp³-hybridized carbons (Fsp3) is 0.111. The molecule has 0 aliphatic carbocycles. The van der Waals surface area contributed by atoms with Crippen LogP contribution in [0.2, 0.25) is 0 Å². The molecule has 8 nitrogen and oxygen atoms in total. The third kappa shape index (κ3) is 3.12. The van der Waals surface area contributed by atoms with Gasteiger partial charge in [0.1, 0.15) is 22.1 Å². The number of aromatic nitrogens is 4. The van der Waals surface area contributed by atoms with E-state index in [1.165, 1.54) is 14.2 Å². The minimum Gasteiger partial charge on any atom is -0.465 e. The molecule has 0 spiro atoms. The quantitative estimate of drug-likeness (QED) is 0.286. The van der Waals surface area contributed by atoms with E-state index in [9.17, 15) is 9.59 Å². The summed E-state index contributed by atoms with van der Waals surface area (Å²) in [4.78, 5) is 25.4. The molecule has 0 fully saturated rings. The van der Waals surface area contributed by atoms with Gasteiger partial charge in [0.2, 0.25) is 0 Å². The molecule has 140 valence electrons. The molecule has 28 heavy (non-hydrogen) atoms. The van der Waals surface area contributed by atoms with E-state index < -0.39 is 11.9 Å². The van der Waals surface area contributed by atoms with E-state index in [-0.39, 0.29) is 11.1 Å². The van der Waals surface area contributed by atoms with Crippen molar-refractivity contribution in [3.05, 3.63) is 47.5 Å². The lowest BCUT2D eigenvalue weighted by atomic mass is 9.94. The molecule has 0 radical (unpaired) electrons. The van der Waals surface area contributed by atoms with Gasteiger partial charge < -0.3 is 9.47 Å². The van der Waals surface area contributed by atoms with E-state index in [2.05, 4.69) is 17.5 Å². The maximum atomic E-state index is 12.7. The van der Waals surface area contributed by atoms with Crippen LogP contribution in [0.5, 0.6) is 0 Å². The number of methoxy groups -OCH3 is 2. The summed E-state index contributed by atoms with van der Waals surface area (Å²) < 4.78 is 26.7. The monoisotopic (exact) mass is 412 g/mol. The normalized spacial score (nSPS) is 12.1. The molecule has 2 heterocycles. The Bertz CT molecular complexity index is 1150. The number of nitrogens with zero attached hydrogens (tertiary/aromatic N) is 4. The predicted molar refractivity (Wildman–Crippen MR) is 106 cm³/mol. The molecule has 4 rings (SSSR count). The van der Waals surface area contributed by atoms with Gasteiger partial charge in [-0.2, -0.15) is 17.5 Å². The molecule has 0 amide bonds. The third-order valence-electron chi connectivity index (χ3n) is 4.11. The number of hydrogen-bond acceptors (Lipinski definition) is 10. The standard InChI is InChI=1S/C18H12N4O4S2/c1-25-17(23)15(9-3-5-11-13(7-9)21-27-19-11)16(18(24)26-2)10-4-6-12-14(8-10)22-28-20-12/h3-8H,1-2H3/b16-15+. The molecule has 0 unspecified atom stereocenters. The topological polar surface area (TPSA) is 104 Å². The average molecular weight is 412 g/mol. The summed E-state index contributed by atoms with van der Waals surface area (Å²) in [6, 6.07) is 10.2. The molecule has 4 aromatic rings. The van der Waals surface area contributed by atoms with E-state index in [1.807, 2.05) is 0 Å². The molecule has 0 saturated heterocycles. The summed E-state index contributed by atoms with van der Waals surface area (Å²) in [7, 11) is 2.52. The number of hydrogen-bond donors (Lipinski definition) is 0.